The molecule has 3 heteroatoms. The molecule has 0 radical (unpaired) electrons. The number of carboxylic acid groups (broad SMARTS) is 1. The lowest BCUT2D eigenvalue weighted by Gasteiger charge is -2.12. The summed E-state index contributed by atoms with van der Waals surface area (Å²) >= 11 is 0. The molecule has 2 atom stereocenters. The van der Waals surface area contributed by atoms with E-state index in [0.717, 1.165) is 6.42 Å². The Morgan fingerprint density at radius 2 is 1.88 bits per heavy atom. The van der Waals surface area contributed by atoms with Crippen molar-refractivity contribution in [1.82, 2.24) is 0 Å². The SMILES string of the molecule is CCC(C)c1ccc(O[C@H](C)C(=O)O)cc1. The second-order valence-corrected chi connectivity index (χ2v) is 3.98. The predicted octanol–water partition coefficient (Wildman–Crippen LogP) is 3.05. The Morgan fingerprint density at radius 1 is 1.31 bits per heavy atom. The molecule has 16 heavy (non-hydrogen) atoms. The zero-order chi connectivity index (χ0) is 12.1. The quantitative estimate of drug-likeness (QED) is 0.832. The van der Waals surface area contributed by atoms with E-state index in [1.165, 1.54) is 12.5 Å². The number of rotatable bonds is 5. The van der Waals surface area contributed by atoms with E-state index in [1.807, 2.05) is 24.3 Å². The van der Waals surface area contributed by atoms with Crippen LogP contribution in [-0.2, 0) is 4.79 Å². The number of carboxylic acids is 1. The minimum Gasteiger partial charge on any atom is -0.479 e. The lowest BCUT2D eigenvalue weighted by Crippen LogP contribution is -2.22. The van der Waals surface area contributed by atoms with Crippen LogP contribution in [0.25, 0.3) is 0 Å². The van der Waals surface area contributed by atoms with Gasteiger partial charge >= 0.3 is 5.97 Å². The van der Waals surface area contributed by atoms with Gasteiger partial charge in [-0.05, 0) is 37.0 Å². The molecule has 0 saturated carbocycles. The highest BCUT2D eigenvalue weighted by molar-refractivity contribution is 5.72. The zero-order valence-corrected chi connectivity index (χ0v) is 9.93. The van der Waals surface area contributed by atoms with E-state index in [-0.39, 0.29) is 0 Å². The lowest BCUT2D eigenvalue weighted by atomic mass is 9.99. The smallest absolute Gasteiger partial charge is 0.344 e. The van der Waals surface area contributed by atoms with Crippen LogP contribution in [0.5, 0.6) is 5.75 Å². The molecule has 0 amide bonds. The molecule has 1 rings (SSSR count). The topological polar surface area (TPSA) is 46.5 Å². The summed E-state index contributed by atoms with van der Waals surface area (Å²) in [6.07, 6.45) is 0.278. The summed E-state index contributed by atoms with van der Waals surface area (Å²) in [5, 5.41) is 8.70. The molecular formula is C13H18O3. The van der Waals surface area contributed by atoms with Crippen molar-refractivity contribution in [2.75, 3.05) is 0 Å². The van der Waals surface area contributed by atoms with Gasteiger partial charge in [0, 0.05) is 0 Å². The average molecular weight is 222 g/mol. The van der Waals surface area contributed by atoms with Gasteiger partial charge in [0.25, 0.3) is 0 Å². The van der Waals surface area contributed by atoms with Crippen molar-refractivity contribution in [3.05, 3.63) is 29.8 Å². The van der Waals surface area contributed by atoms with E-state index in [1.54, 1.807) is 0 Å². The van der Waals surface area contributed by atoms with Gasteiger partial charge < -0.3 is 9.84 Å². The first kappa shape index (κ1) is 12.6. The van der Waals surface area contributed by atoms with Gasteiger partial charge in [0.1, 0.15) is 5.75 Å². The van der Waals surface area contributed by atoms with Crippen LogP contribution in [0.3, 0.4) is 0 Å². The monoisotopic (exact) mass is 222 g/mol. The van der Waals surface area contributed by atoms with E-state index in [9.17, 15) is 4.79 Å². The van der Waals surface area contributed by atoms with Crippen LogP contribution >= 0.6 is 0 Å². The van der Waals surface area contributed by atoms with Gasteiger partial charge in [-0.15, -0.1) is 0 Å². The van der Waals surface area contributed by atoms with E-state index in [0.29, 0.717) is 11.7 Å². The largest absolute Gasteiger partial charge is 0.479 e. The van der Waals surface area contributed by atoms with Crippen molar-refractivity contribution in [2.45, 2.75) is 39.2 Å². The summed E-state index contributed by atoms with van der Waals surface area (Å²) in [7, 11) is 0. The summed E-state index contributed by atoms with van der Waals surface area (Å²) in [6, 6.07) is 7.61. The summed E-state index contributed by atoms with van der Waals surface area (Å²) in [6.45, 7) is 5.82. The first-order chi connectivity index (χ1) is 7.54. The molecule has 1 aromatic carbocycles. The van der Waals surface area contributed by atoms with Gasteiger partial charge in [0.05, 0.1) is 0 Å². The number of ether oxygens (including phenoxy) is 1. The molecule has 1 N–H and O–H groups in total. The molecule has 3 nitrogen and oxygen atoms in total. The number of hydrogen-bond donors (Lipinski definition) is 1. The Hall–Kier alpha value is -1.51. The maximum absolute atomic E-state index is 10.6. The highest BCUT2D eigenvalue weighted by Crippen LogP contribution is 2.21. The number of hydrogen-bond acceptors (Lipinski definition) is 2. The third-order valence-electron chi connectivity index (χ3n) is 2.72. The summed E-state index contributed by atoms with van der Waals surface area (Å²) in [5.74, 6) is 0.166. The van der Waals surface area contributed by atoms with Crippen LogP contribution in [-0.4, -0.2) is 17.2 Å². The van der Waals surface area contributed by atoms with Gasteiger partial charge in [0.2, 0.25) is 0 Å². The van der Waals surface area contributed by atoms with Crippen molar-refractivity contribution < 1.29 is 14.6 Å². The Labute approximate surface area is 96.1 Å². The van der Waals surface area contributed by atoms with E-state index in [4.69, 9.17) is 9.84 Å². The van der Waals surface area contributed by atoms with Crippen LogP contribution in [0.1, 0.15) is 38.7 Å². The molecule has 0 saturated heterocycles. The van der Waals surface area contributed by atoms with Gasteiger partial charge in [-0.25, -0.2) is 4.79 Å². The summed E-state index contributed by atoms with van der Waals surface area (Å²) < 4.78 is 5.24. The first-order valence-electron chi connectivity index (χ1n) is 5.54. The Bertz CT molecular complexity index is 343. The fraction of sp³-hybridized carbons (Fsp3) is 0.462. The van der Waals surface area contributed by atoms with Crippen molar-refractivity contribution in [3.8, 4) is 5.75 Å². The van der Waals surface area contributed by atoms with Crippen LogP contribution in [0.15, 0.2) is 24.3 Å². The van der Waals surface area contributed by atoms with Crippen LogP contribution < -0.4 is 4.74 Å². The minimum atomic E-state index is -0.953. The average Bonchev–Trinajstić information content (AvgIpc) is 2.28. The molecule has 0 aliphatic heterocycles. The third-order valence-corrected chi connectivity index (χ3v) is 2.72. The molecule has 88 valence electrons. The normalized spacial score (nSPS) is 14.2. The third kappa shape index (κ3) is 3.26. The summed E-state index contributed by atoms with van der Waals surface area (Å²) in [4.78, 5) is 10.6. The van der Waals surface area contributed by atoms with Crippen molar-refractivity contribution in [2.24, 2.45) is 0 Å². The second-order valence-electron chi connectivity index (χ2n) is 3.98. The Kier molecular flexibility index (Phi) is 4.35. The lowest BCUT2D eigenvalue weighted by molar-refractivity contribution is -0.144. The van der Waals surface area contributed by atoms with Crippen molar-refractivity contribution in [3.63, 3.8) is 0 Å². The highest BCUT2D eigenvalue weighted by Gasteiger charge is 2.12. The molecule has 0 aromatic heterocycles. The molecular weight excluding hydrogens is 204 g/mol. The van der Waals surface area contributed by atoms with Gasteiger partial charge in [0.15, 0.2) is 6.10 Å². The van der Waals surface area contributed by atoms with E-state index >= 15 is 0 Å². The molecule has 1 unspecified atom stereocenters. The first-order valence-corrected chi connectivity index (χ1v) is 5.54. The molecule has 0 aliphatic rings. The minimum absolute atomic E-state index is 0.519. The molecule has 0 spiro atoms. The van der Waals surface area contributed by atoms with Gasteiger partial charge in [-0.1, -0.05) is 26.0 Å². The van der Waals surface area contributed by atoms with Gasteiger partial charge in [-0.3, -0.25) is 0 Å². The van der Waals surface area contributed by atoms with E-state index < -0.39 is 12.1 Å². The number of aliphatic carboxylic acids is 1. The van der Waals surface area contributed by atoms with E-state index in [2.05, 4.69) is 13.8 Å². The highest BCUT2D eigenvalue weighted by atomic mass is 16.5. The molecule has 0 aliphatic carbocycles. The molecule has 0 fully saturated rings. The molecule has 1 aromatic rings. The summed E-state index contributed by atoms with van der Waals surface area (Å²) in [5.41, 5.74) is 1.25. The van der Waals surface area contributed by atoms with Gasteiger partial charge in [-0.2, -0.15) is 0 Å². The number of benzene rings is 1. The molecule has 0 bridgehead atoms. The molecule has 0 heterocycles. The van der Waals surface area contributed by atoms with Crippen LogP contribution in [0.2, 0.25) is 0 Å². The van der Waals surface area contributed by atoms with Crippen molar-refractivity contribution >= 4 is 5.97 Å². The standard InChI is InChI=1S/C13H18O3/c1-4-9(2)11-5-7-12(8-6-11)16-10(3)13(14)15/h5-10H,4H2,1-3H3,(H,14,15)/t9?,10-/m1/s1. The second kappa shape index (κ2) is 5.54. The fourth-order valence-electron chi connectivity index (χ4n) is 1.37. The predicted molar refractivity (Wildman–Crippen MR) is 62.9 cm³/mol. The maximum atomic E-state index is 10.6. The number of carbonyl (C=O) groups is 1. The van der Waals surface area contributed by atoms with Crippen molar-refractivity contribution in [1.29, 1.82) is 0 Å². The Morgan fingerprint density at radius 3 is 2.31 bits per heavy atom. The maximum Gasteiger partial charge on any atom is 0.344 e. The van der Waals surface area contributed by atoms with Crippen LogP contribution in [0.4, 0.5) is 0 Å². The van der Waals surface area contributed by atoms with Crippen LogP contribution in [0, 0.1) is 0 Å². The Balaban J connectivity index is 2.68. The zero-order valence-electron chi connectivity index (χ0n) is 9.93. The fourth-order valence-corrected chi connectivity index (χ4v) is 1.37.